The van der Waals surface area contributed by atoms with Crippen LogP contribution >= 0.6 is 22.9 Å². The molecule has 3 aromatic rings. The fraction of sp³-hybridized carbons (Fsp3) is 0.409. The summed E-state index contributed by atoms with van der Waals surface area (Å²) in [6.07, 6.45) is 5.36. The lowest BCUT2D eigenvalue weighted by Gasteiger charge is -2.23. The first-order valence-electron chi connectivity index (χ1n) is 10.2. The number of nitrogens with one attached hydrogen (secondary N) is 1. The second-order valence-electron chi connectivity index (χ2n) is 7.85. The average molecular weight is 446 g/mol. The monoisotopic (exact) mass is 445 g/mol. The van der Waals surface area contributed by atoms with Gasteiger partial charge in [0.05, 0.1) is 11.1 Å². The van der Waals surface area contributed by atoms with Crippen LogP contribution in [0.2, 0.25) is 5.02 Å². The topological polar surface area (TPSA) is 73.1 Å². The highest BCUT2D eigenvalue weighted by molar-refractivity contribution is 7.18. The summed E-state index contributed by atoms with van der Waals surface area (Å²) in [5.41, 5.74) is 0.378. The van der Waals surface area contributed by atoms with Gasteiger partial charge in [0, 0.05) is 15.9 Å². The molecule has 1 aliphatic carbocycles. The largest absolute Gasteiger partial charge is 0.352 e. The summed E-state index contributed by atoms with van der Waals surface area (Å²) in [5, 5.41) is 4.06. The molecule has 30 heavy (non-hydrogen) atoms. The lowest BCUT2D eigenvalue weighted by molar-refractivity contribution is -0.122. The van der Waals surface area contributed by atoms with Gasteiger partial charge >= 0.3 is 5.69 Å². The van der Waals surface area contributed by atoms with Crippen LogP contribution in [0.5, 0.6) is 0 Å². The molecule has 1 amide bonds. The van der Waals surface area contributed by atoms with Gasteiger partial charge in [-0.1, -0.05) is 30.9 Å². The first-order chi connectivity index (χ1) is 14.4. The molecule has 0 radical (unpaired) electrons. The Hall–Kier alpha value is -2.38. The number of aryl methyl sites for hydroxylation is 2. The highest BCUT2D eigenvalue weighted by Gasteiger charge is 2.22. The van der Waals surface area contributed by atoms with E-state index in [1.807, 2.05) is 13.8 Å². The Morgan fingerprint density at radius 3 is 2.47 bits per heavy atom. The predicted molar refractivity (Wildman–Crippen MR) is 121 cm³/mol. The van der Waals surface area contributed by atoms with Gasteiger partial charge in [0.2, 0.25) is 5.91 Å². The van der Waals surface area contributed by atoms with E-state index in [0.717, 1.165) is 40.7 Å². The first-order valence-corrected chi connectivity index (χ1v) is 11.4. The summed E-state index contributed by atoms with van der Waals surface area (Å²) in [7, 11) is 0. The molecular formula is C22H24ClN3O3S. The molecule has 8 heteroatoms. The van der Waals surface area contributed by atoms with Gasteiger partial charge in [0.1, 0.15) is 11.4 Å². The molecule has 1 N–H and O–H groups in total. The van der Waals surface area contributed by atoms with E-state index in [9.17, 15) is 14.4 Å². The Morgan fingerprint density at radius 1 is 1.13 bits per heavy atom. The first kappa shape index (κ1) is 20.9. The maximum atomic E-state index is 13.4. The van der Waals surface area contributed by atoms with E-state index < -0.39 is 5.69 Å². The van der Waals surface area contributed by atoms with Crippen molar-refractivity contribution in [1.29, 1.82) is 0 Å². The molecule has 6 nitrogen and oxygen atoms in total. The number of rotatable bonds is 4. The van der Waals surface area contributed by atoms with Crippen LogP contribution in [-0.4, -0.2) is 21.1 Å². The molecule has 0 aliphatic heterocycles. The summed E-state index contributed by atoms with van der Waals surface area (Å²) >= 11 is 7.35. The van der Waals surface area contributed by atoms with E-state index in [2.05, 4.69) is 5.32 Å². The molecule has 0 bridgehead atoms. The lowest BCUT2D eigenvalue weighted by Crippen LogP contribution is -2.43. The Bertz CT molecular complexity index is 1220. The SMILES string of the molecule is Cc1sc2c(c1C)c(=O)n(-c1ccc(Cl)cc1)c(=O)n2CC(=O)NC1CCCCC1. The van der Waals surface area contributed by atoms with Gasteiger partial charge in [-0.3, -0.25) is 14.2 Å². The highest BCUT2D eigenvalue weighted by atomic mass is 35.5. The number of fused-ring (bicyclic) bond motifs is 1. The van der Waals surface area contributed by atoms with Crippen molar-refractivity contribution < 1.29 is 4.79 Å². The van der Waals surface area contributed by atoms with Crippen molar-refractivity contribution in [3.63, 3.8) is 0 Å². The zero-order valence-electron chi connectivity index (χ0n) is 17.0. The Balaban J connectivity index is 1.82. The number of benzene rings is 1. The Labute approximate surface area is 183 Å². The normalized spacial score (nSPS) is 14.9. The van der Waals surface area contributed by atoms with E-state index in [-0.39, 0.29) is 24.1 Å². The molecule has 1 aromatic carbocycles. The summed E-state index contributed by atoms with van der Waals surface area (Å²) in [6, 6.07) is 6.71. The van der Waals surface area contributed by atoms with E-state index in [4.69, 9.17) is 11.6 Å². The quantitative estimate of drug-likeness (QED) is 0.661. The molecule has 2 heterocycles. The molecular weight excluding hydrogens is 422 g/mol. The molecule has 158 valence electrons. The molecule has 1 fully saturated rings. The minimum absolute atomic E-state index is 0.112. The number of nitrogens with zero attached hydrogens (tertiary/aromatic N) is 2. The van der Waals surface area contributed by atoms with E-state index in [0.29, 0.717) is 20.9 Å². The van der Waals surface area contributed by atoms with E-state index in [1.54, 1.807) is 24.3 Å². The maximum Gasteiger partial charge on any atom is 0.337 e. The summed E-state index contributed by atoms with van der Waals surface area (Å²) in [6.45, 7) is 3.68. The van der Waals surface area contributed by atoms with Gasteiger partial charge in [0.25, 0.3) is 5.56 Å². The predicted octanol–water partition coefficient (Wildman–Crippen LogP) is 3.93. The van der Waals surface area contributed by atoms with Crippen LogP contribution in [0.3, 0.4) is 0 Å². The third kappa shape index (κ3) is 3.84. The van der Waals surface area contributed by atoms with Crippen molar-refractivity contribution in [3.8, 4) is 5.69 Å². The zero-order chi connectivity index (χ0) is 21.4. The van der Waals surface area contributed by atoms with Crippen molar-refractivity contribution >= 4 is 39.1 Å². The molecule has 0 atom stereocenters. The molecule has 1 aliphatic rings. The third-order valence-corrected chi connectivity index (χ3v) is 7.29. The van der Waals surface area contributed by atoms with Crippen molar-refractivity contribution in [2.24, 2.45) is 0 Å². The fourth-order valence-corrected chi connectivity index (χ4v) is 5.34. The average Bonchev–Trinajstić information content (AvgIpc) is 3.02. The number of hydrogen-bond donors (Lipinski definition) is 1. The lowest BCUT2D eigenvalue weighted by atomic mass is 9.95. The van der Waals surface area contributed by atoms with Crippen LogP contribution in [0.1, 0.15) is 42.5 Å². The molecule has 0 spiro atoms. The van der Waals surface area contributed by atoms with Crippen LogP contribution in [0.15, 0.2) is 33.9 Å². The molecule has 4 rings (SSSR count). The summed E-state index contributed by atoms with van der Waals surface area (Å²) in [5.74, 6) is -0.199. The number of thiophene rings is 1. The van der Waals surface area contributed by atoms with E-state index in [1.165, 1.54) is 22.3 Å². The number of carbonyl (C=O) groups excluding carboxylic acids is 1. The van der Waals surface area contributed by atoms with E-state index >= 15 is 0 Å². The van der Waals surface area contributed by atoms with Crippen molar-refractivity contribution in [3.05, 3.63) is 60.6 Å². The van der Waals surface area contributed by atoms with Crippen LogP contribution in [0.4, 0.5) is 0 Å². The van der Waals surface area contributed by atoms with Crippen molar-refractivity contribution in [2.45, 2.75) is 58.5 Å². The number of carbonyl (C=O) groups is 1. The number of aromatic nitrogens is 2. The van der Waals surface area contributed by atoms with Crippen LogP contribution < -0.4 is 16.6 Å². The second kappa shape index (κ2) is 8.40. The smallest absolute Gasteiger partial charge is 0.337 e. The van der Waals surface area contributed by atoms with Crippen molar-refractivity contribution in [1.82, 2.24) is 14.5 Å². The van der Waals surface area contributed by atoms with Gasteiger partial charge in [0.15, 0.2) is 0 Å². The highest BCUT2D eigenvalue weighted by Crippen LogP contribution is 2.27. The Kier molecular flexibility index (Phi) is 5.84. The molecule has 2 aromatic heterocycles. The number of hydrogen-bond acceptors (Lipinski definition) is 4. The zero-order valence-corrected chi connectivity index (χ0v) is 18.6. The molecule has 0 saturated heterocycles. The summed E-state index contributed by atoms with van der Waals surface area (Å²) < 4.78 is 2.56. The van der Waals surface area contributed by atoms with Crippen molar-refractivity contribution in [2.75, 3.05) is 0 Å². The van der Waals surface area contributed by atoms with Gasteiger partial charge in [-0.05, 0) is 56.5 Å². The van der Waals surface area contributed by atoms with Gasteiger partial charge < -0.3 is 5.32 Å². The third-order valence-electron chi connectivity index (χ3n) is 5.81. The minimum Gasteiger partial charge on any atom is -0.352 e. The molecule has 1 saturated carbocycles. The maximum absolute atomic E-state index is 13.4. The van der Waals surface area contributed by atoms with Crippen LogP contribution in [-0.2, 0) is 11.3 Å². The minimum atomic E-state index is -0.519. The standard InChI is InChI=1S/C22H24ClN3O3S/c1-13-14(2)30-21-19(13)20(28)26(17-10-8-15(23)9-11-17)22(29)25(21)12-18(27)24-16-6-4-3-5-7-16/h8-11,16H,3-7,12H2,1-2H3,(H,24,27). The van der Waals surface area contributed by atoms with Gasteiger partial charge in [-0.15, -0.1) is 11.3 Å². The van der Waals surface area contributed by atoms with Crippen LogP contribution in [0, 0.1) is 13.8 Å². The van der Waals surface area contributed by atoms with Crippen LogP contribution in [0.25, 0.3) is 15.9 Å². The van der Waals surface area contributed by atoms with Gasteiger partial charge in [-0.25, -0.2) is 9.36 Å². The fourth-order valence-electron chi connectivity index (χ4n) is 4.08. The number of amides is 1. The second-order valence-corrected chi connectivity index (χ2v) is 9.49. The molecule has 0 unspecified atom stereocenters. The van der Waals surface area contributed by atoms with Gasteiger partial charge in [-0.2, -0.15) is 0 Å². The number of halogens is 1. The Morgan fingerprint density at radius 2 is 1.80 bits per heavy atom. The summed E-state index contributed by atoms with van der Waals surface area (Å²) in [4.78, 5) is 40.9.